The van der Waals surface area contributed by atoms with Gasteiger partial charge in [0, 0.05) is 19.2 Å². The lowest BCUT2D eigenvalue weighted by atomic mass is 10.4. The summed E-state index contributed by atoms with van der Waals surface area (Å²) < 4.78 is 35.2. The van der Waals surface area contributed by atoms with Crippen molar-refractivity contribution in [2.24, 2.45) is 0 Å². The molecule has 1 saturated carbocycles. The van der Waals surface area contributed by atoms with Gasteiger partial charge in [-0.3, -0.25) is 0 Å². The number of pyridine rings is 1. The second-order valence-corrected chi connectivity index (χ2v) is 4.93. The molecule has 1 aromatic rings. The molecule has 1 N–H and O–H groups in total. The molecule has 2 amide bonds. The summed E-state index contributed by atoms with van der Waals surface area (Å²) in [7, 11) is 1.57. The summed E-state index contributed by atoms with van der Waals surface area (Å²) in [6, 6.07) is 2.59. The minimum absolute atomic E-state index is 0.0846. The minimum Gasteiger partial charge on any atom is -0.475 e. The highest BCUT2D eigenvalue weighted by Crippen LogP contribution is 2.28. The zero-order valence-electron chi connectivity index (χ0n) is 12.3. The van der Waals surface area contributed by atoms with Crippen LogP contribution in [0.15, 0.2) is 18.3 Å². The van der Waals surface area contributed by atoms with Gasteiger partial charge >= 0.3 is 6.03 Å². The van der Waals surface area contributed by atoms with Crippen LogP contribution in [0.4, 0.5) is 19.3 Å². The number of nitrogens with one attached hydrogen (secondary N) is 1. The molecule has 1 aromatic heterocycles. The van der Waals surface area contributed by atoms with Gasteiger partial charge in [-0.15, -0.1) is 0 Å². The number of halogens is 2. The zero-order valence-corrected chi connectivity index (χ0v) is 12.3. The summed E-state index contributed by atoms with van der Waals surface area (Å²) in [5.41, 5.74) is 0.434. The number of carbonyl (C=O) groups is 1. The largest absolute Gasteiger partial charge is 0.475 e. The van der Waals surface area contributed by atoms with Gasteiger partial charge in [0.1, 0.15) is 6.61 Å². The number of alkyl halides is 2. The number of nitrogens with zero attached hydrogens (tertiary/aromatic N) is 2. The van der Waals surface area contributed by atoms with E-state index < -0.39 is 19.0 Å². The Balaban J connectivity index is 1.87. The molecule has 122 valence electrons. The van der Waals surface area contributed by atoms with Gasteiger partial charge in [-0.2, -0.15) is 0 Å². The Labute approximate surface area is 127 Å². The van der Waals surface area contributed by atoms with Gasteiger partial charge in [0.05, 0.1) is 25.0 Å². The number of hydrogen-bond donors (Lipinski definition) is 1. The number of urea groups is 1. The fourth-order valence-electron chi connectivity index (χ4n) is 1.90. The van der Waals surface area contributed by atoms with Crippen LogP contribution in [-0.2, 0) is 4.74 Å². The lowest BCUT2D eigenvalue weighted by Crippen LogP contribution is -2.39. The zero-order chi connectivity index (χ0) is 15.9. The Kier molecular flexibility index (Phi) is 5.88. The van der Waals surface area contributed by atoms with Crippen LogP contribution in [0.5, 0.6) is 5.88 Å². The number of hydrogen-bond acceptors (Lipinski definition) is 4. The van der Waals surface area contributed by atoms with E-state index in [1.165, 1.54) is 11.1 Å². The molecular formula is C14H19F2N3O3. The summed E-state index contributed by atoms with van der Waals surface area (Å²) >= 11 is 0. The van der Waals surface area contributed by atoms with Crippen LogP contribution in [0.2, 0.25) is 0 Å². The van der Waals surface area contributed by atoms with Crippen molar-refractivity contribution in [3.63, 3.8) is 0 Å². The first kappa shape index (κ1) is 16.4. The second-order valence-electron chi connectivity index (χ2n) is 4.93. The molecule has 2 rings (SSSR count). The van der Waals surface area contributed by atoms with E-state index in [0.29, 0.717) is 24.8 Å². The van der Waals surface area contributed by atoms with E-state index in [2.05, 4.69) is 10.3 Å². The van der Waals surface area contributed by atoms with Crippen LogP contribution < -0.4 is 10.1 Å². The molecule has 0 atom stereocenters. The molecule has 0 bridgehead atoms. The van der Waals surface area contributed by atoms with Crippen LogP contribution in [0.3, 0.4) is 0 Å². The van der Waals surface area contributed by atoms with Crippen molar-refractivity contribution >= 4 is 11.7 Å². The van der Waals surface area contributed by atoms with E-state index in [0.717, 1.165) is 12.8 Å². The van der Waals surface area contributed by atoms with Gasteiger partial charge in [-0.1, -0.05) is 0 Å². The molecule has 0 radical (unpaired) electrons. The maximum absolute atomic E-state index is 12.5. The summed E-state index contributed by atoms with van der Waals surface area (Å²) in [4.78, 5) is 17.2. The quantitative estimate of drug-likeness (QED) is 0.748. The number of aromatic nitrogens is 1. The summed E-state index contributed by atoms with van der Waals surface area (Å²) in [6.07, 6.45) is 0.420. The summed E-state index contributed by atoms with van der Waals surface area (Å²) in [6.45, 7) is 0.269. The van der Waals surface area contributed by atoms with Gasteiger partial charge in [0.15, 0.2) is 0 Å². The average Bonchev–Trinajstić information content (AvgIpc) is 3.31. The maximum Gasteiger partial charge on any atom is 0.322 e. The molecule has 8 heteroatoms. The first-order chi connectivity index (χ1) is 10.6. The number of rotatable bonds is 8. The minimum atomic E-state index is -2.54. The molecule has 0 aromatic carbocycles. The second kappa shape index (κ2) is 7.88. The Morgan fingerprint density at radius 2 is 2.23 bits per heavy atom. The predicted molar refractivity (Wildman–Crippen MR) is 76.4 cm³/mol. The van der Waals surface area contributed by atoms with Crippen LogP contribution in [-0.4, -0.2) is 55.3 Å². The van der Waals surface area contributed by atoms with E-state index in [1.807, 2.05) is 0 Å². The predicted octanol–water partition coefficient (Wildman–Crippen LogP) is 2.37. The molecule has 1 aliphatic carbocycles. The van der Waals surface area contributed by atoms with Gasteiger partial charge in [0.25, 0.3) is 6.43 Å². The molecule has 22 heavy (non-hydrogen) atoms. The normalized spacial score (nSPS) is 14.0. The molecular weight excluding hydrogens is 296 g/mol. The topological polar surface area (TPSA) is 63.7 Å². The van der Waals surface area contributed by atoms with Crippen LogP contribution in [0, 0.1) is 0 Å². The standard InChI is InChI=1S/C14H19F2N3O3/c1-21-6-7-22-13-5-2-10(8-17-13)18-14(20)19(9-12(15)16)11-3-4-11/h2,5,8,11-12H,3-4,6-7,9H2,1H3,(H,18,20). The lowest BCUT2D eigenvalue weighted by Gasteiger charge is -2.22. The SMILES string of the molecule is COCCOc1ccc(NC(=O)N(CC(F)F)C2CC2)cn1. The Morgan fingerprint density at radius 3 is 2.77 bits per heavy atom. The molecule has 1 aliphatic rings. The van der Waals surface area contributed by atoms with Crippen molar-refractivity contribution in [2.45, 2.75) is 25.3 Å². The molecule has 6 nitrogen and oxygen atoms in total. The Hall–Kier alpha value is -1.96. The first-order valence-electron chi connectivity index (χ1n) is 7.03. The maximum atomic E-state index is 12.5. The van der Waals surface area contributed by atoms with Gasteiger partial charge in [-0.25, -0.2) is 18.6 Å². The highest BCUT2D eigenvalue weighted by molar-refractivity contribution is 5.89. The number of methoxy groups -OCH3 is 1. The summed E-state index contributed by atoms with van der Waals surface area (Å²) in [5, 5.41) is 2.57. The highest BCUT2D eigenvalue weighted by atomic mass is 19.3. The molecule has 0 saturated heterocycles. The molecule has 1 fully saturated rings. The van der Waals surface area contributed by atoms with Crippen molar-refractivity contribution in [1.82, 2.24) is 9.88 Å². The fourth-order valence-corrected chi connectivity index (χ4v) is 1.90. The summed E-state index contributed by atoms with van der Waals surface area (Å²) in [5.74, 6) is 0.404. The van der Waals surface area contributed by atoms with Crippen LogP contribution >= 0.6 is 0 Å². The Bertz CT molecular complexity index is 481. The van der Waals surface area contributed by atoms with E-state index in [-0.39, 0.29) is 6.04 Å². The van der Waals surface area contributed by atoms with E-state index in [1.54, 1.807) is 19.2 Å². The third-order valence-corrected chi connectivity index (χ3v) is 3.11. The smallest absolute Gasteiger partial charge is 0.322 e. The number of amides is 2. The molecule has 0 aliphatic heterocycles. The van der Waals surface area contributed by atoms with Crippen LogP contribution in [0.25, 0.3) is 0 Å². The lowest BCUT2D eigenvalue weighted by molar-refractivity contribution is 0.0994. The van der Waals surface area contributed by atoms with E-state index >= 15 is 0 Å². The number of anilines is 1. The van der Waals surface area contributed by atoms with E-state index in [9.17, 15) is 13.6 Å². The van der Waals surface area contributed by atoms with Crippen molar-refractivity contribution in [3.8, 4) is 5.88 Å². The fraction of sp³-hybridized carbons (Fsp3) is 0.571. The van der Waals surface area contributed by atoms with Crippen molar-refractivity contribution in [2.75, 3.05) is 32.2 Å². The van der Waals surface area contributed by atoms with E-state index in [4.69, 9.17) is 9.47 Å². The average molecular weight is 315 g/mol. The van der Waals surface area contributed by atoms with Crippen molar-refractivity contribution in [1.29, 1.82) is 0 Å². The van der Waals surface area contributed by atoms with Gasteiger partial charge < -0.3 is 19.7 Å². The molecule has 0 spiro atoms. The monoisotopic (exact) mass is 315 g/mol. The number of carbonyl (C=O) groups excluding carboxylic acids is 1. The molecule has 1 heterocycles. The van der Waals surface area contributed by atoms with Gasteiger partial charge in [-0.05, 0) is 18.9 Å². The van der Waals surface area contributed by atoms with Crippen molar-refractivity contribution < 1.29 is 23.0 Å². The highest BCUT2D eigenvalue weighted by Gasteiger charge is 2.34. The third kappa shape index (κ3) is 5.10. The molecule has 0 unspecified atom stereocenters. The first-order valence-corrected chi connectivity index (χ1v) is 7.03. The Morgan fingerprint density at radius 1 is 1.45 bits per heavy atom. The van der Waals surface area contributed by atoms with Crippen molar-refractivity contribution in [3.05, 3.63) is 18.3 Å². The van der Waals surface area contributed by atoms with Crippen LogP contribution in [0.1, 0.15) is 12.8 Å². The van der Waals surface area contributed by atoms with Gasteiger partial charge in [0.2, 0.25) is 5.88 Å². The third-order valence-electron chi connectivity index (χ3n) is 3.11. The number of ether oxygens (including phenoxy) is 2.